The maximum Gasteiger partial charge on any atom is 0.303 e. The van der Waals surface area contributed by atoms with Gasteiger partial charge < -0.3 is 18.6 Å². The summed E-state index contributed by atoms with van der Waals surface area (Å²) in [5, 5.41) is 0. The van der Waals surface area contributed by atoms with Crippen LogP contribution in [0.5, 0.6) is 0 Å². The van der Waals surface area contributed by atoms with Crippen molar-refractivity contribution in [1.29, 1.82) is 0 Å². The highest BCUT2D eigenvalue weighted by Gasteiger charge is 2.66. The Morgan fingerprint density at radius 2 is 1.66 bits per heavy atom. The summed E-state index contributed by atoms with van der Waals surface area (Å²) in [6.45, 7) is 19.9. The van der Waals surface area contributed by atoms with Gasteiger partial charge in [-0.3, -0.25) is 9.59 Å². The number of carbonyl (C=O) groups excluding carboxylic acids is 2. The molecule has 3 aliphatic rings. The van der Waals surface area contributed by atoms with Crippen molar-refractivity contribution in [2.75, 3.05) is 6.61 Å². The van der Waals surface area contributed by atoms with Crippen LogP contribution in [0.3, 0.4) is 0 Å². The molecule has 0 N–H and O–H groups in total. The van der Waals surface area contributed by atoms with Gasteiger partial charge in [-0.25, -0.2) is 0 Å². The van der Waals surface area contributed by atoms with Gasteiger partial charge in [0.1, 0.15) is 17.3 Å². The van der Waals surface area contributed by atoms with Crippen LogP contribution in [0.4, 0.5) is 0 Å². The molecule has 0 saturated carbocycles. The van der Waals surface area contributed by atoms with Crippen molar-refractivity contribution >= 4 is 20.1 Å². The van der Waals surface area contributed by atoms with E-state index in [0.29, 0.717) is 48.9 Å². The Labute approximate surface area is 195 Å². The molecule has 3 rings (SSSR count). The van der Waals surface area contributed by atoms with Gasteiger partial charge in [0.15, 0.2) is 14.1 Å². The summed E-state index contributed by atoms with van der Waals surface area (Å²) in [5.74, 6) is -0.0771. The lowest BCUT2D eigenvalue weighted by Gasteiger charge is -2.45. The maximum atomic E-state index is 12.7. The Bertz CT molecular complexity index is 699. The third-order valence-electron chi connectivity index (χ3n) is 8.47. The van der Waals surface area contributed by atoms with Crippen molar-refractivity contribution in [3.8, 4) is 0 Å². The first-order chi connectivity index (χ1) is 14.8. The van der Waals surface area contributed by atoms with Gasteiger partial charge in [0.25, 0.3) is 0 Å². The molecule has 0 spiro atoms. The minimum atomic E-state index is -2.00. The summed E-state index contributed by atoms with van der Waals surface area (Å²) in [5.41, 5.74) is 0.282. The smallest absolute Gasteiger partial charge is 0.303 e. The number of hydrogen-bond acceptors (Lipinski definition) is 6. The Morgan fingerprint density at radius 1 is 1.06 bits per heavy atom. The standard InChI is InChI=1S/C25H44O6Si/c1-15(2)32(16(3)4,17(5)6)28-14-18(7)25-12-21-20(27)10-11-22(29-21)24(9,30-19(8)26)13-23(25)31-25/h15-18,21-23H,10-14H2,1-9H3/t18-,21-,22-,23+,24-,25+/m1/s1. The van der Waals surface area contributed by atoms with Gasteiger partial charge in [0.2, 0.25) is 0 Å². The Kier molecular flexibility index (Phi) is 7.37. The van der Waals surface area contributed by atoms with Gasteiger partial charge in [-0.1, -0.05) is 48.5 Å². The largest absolute Gasteiger partial charge is 0.457 e. The molecule has 0 aromatic carbocycles. The molecule has 0 aliphatic carbocycles. The first-order valence-electron chi connectivity index (χ1n) is 12.5. The molecule has 3 heterocycles. The van der Waals surface area contributed by atoms with Crippen LogP contribution in [0, 0.1) is 5.92 Å². The molecule has 7 heteroatoms. The summed E-state index contributed by atoms with van der Waals surface area (Å²) >= 11 is 0. The molecule has 6 atom stereocenters. The summed E-state index contributed by atoms with van der Waals surface area (Å²) < 4.78 is 25.3. The fraction of sp³-hybridized carbons (Fsp3) is 0.920. The molecule has 3 aliphatic heterocycles. The normalized spacial score (nSPS) is 36.0. The fourth-order valence-corrected chi connectivity index (χ4v) is 12.3. The van der Waals surface area contributed by atoms with E-state index in [1.165, 1.54) is 6.92 Å². The van der Waals surface area contributed by atoms with E-state index in [1.807, 2.05) is 6.92 Å². The summed E-state index contributed by atoms with van der Waals surface area (Å²) in [6, 6.07) is 0. The maximum absolute atomic E-state index is 12.7. The first kappa shape index (κ1) is 25.9. The topological polar surface area (TPSA) is 74.4 Å². The van der Waals surface area contributed by atoms with E-state index in [1.54, 1.807) is 0 Å². The van der Waals surface area contributed by atoms with E-state index in [4.69, 9.17) is 18.6 Å². The second-order valence-corrected chi connectivity index (χ2v) is 17.0. The van der Waals surface area contributed by atoms with Gasteiger partial charge in [-0.15, -0.1) is 0 Å². The molecule has 0 radical (unpaired) electrons. The minimum Gasteiger partial charge on any atom is -0.457 e. The molecule has 0 amide bonds. The van der Waals surface area contributed by atoms with Crippen molar-refractivity contribution < 1.29 is 28.2 Å². The molecular weight excluding hydrogens is 424 g/mol. The number of fused-ring (bicyclic) bond motifs is 3. The molecule has 32 heavy (non-hydrogen) atoms. The Balaban J connectivity index is 1.83. The SMILES string of the molecule is CC(=O)O[C@]1(C)C[C@@H]2O[C@]2([C@H](C)CO[Si](C(C)C)(C(C)C)C(C)C)C[C@H]2O[C@@H]1CCC2=O. The first-order valence-corrected chi connectivity index (χ1v) is 14.6. The number of rotatable bonds is 8. The average molecular weight is 469 g/mol. The number of ketones is 1. The van der Waals surface area contributed by atoms with E-state index in [2.05, 4.69) is 48.5 Å². The lowest BCUT2D eigenvalue weighted by molar-refractivity contribution is -0.195. The lowest BCUT2D eigenvalue weighted by Crippen LogP contribution is -2.55. The number of Topliss-reactive ketones (excluding diaryl/α,β-unsaturated/α-hetero) is 1. The summed E-state index contributed by atoms with van der Waals surface area (Å²) in [7, 11) is -2.00. The van der Waals surface area contributed by atoms with Gasteiger partial charge in [0, 0.05) is 38.7 Å². The van der Waals surface area contributed by atoms with E-state index in [-0.39, 0.29) is 29.9 Å². The van der Waals surface area contributed by atoms with Crippen molar-refractivity contribution in [1.82, 2.24) is 0 Å². The molecular formula is C25H44O6Si. The van der Waals surface area contributed by atoms with Crippen molar-refractivity contribution in [2.45, 2.75) is 134 Å². The van der Waals surface area contributed by atoms with E-state index >= 15 is 0 Å². The molecule has 0 aromatic rings. The molecule has 2 bridgehead atoms. The fourth-order valence-electron chi connectivity index (χ4n) is 6.78. The molecule has 3 saturated heterocycles. The van der Waals surface area contributed by atoms with E-state index in [9.17, 15) is 9.59 Å². The van der Waals surface area contributed by atoms with Crippen LogP contribution in [-0.4, -0.2) is 56.2 Å². The highest BCUT2D eigenvalue weighted by molar-refractivity contribution is 6.77. The quantitative estimate of drug-likeness (QED) is 0.277. The van der Waals surface area contributed by atoms with Crippen LogP contribution >= 0.6 is 0 Å². The van der Waals surface area contributed by atoms with Gasteiger partial charge in [-0.2, -0.15) is 0 Å². The zero-order valence-corrected chi connectivity index (χ0v) is 22.5. The third kappa shape index (κ3) is 4.47. The van der Waals surface area contributed by atoms with Crippen LogP contribution < -0.4 is 0 Å². The summed E-state index contributed by atoms with van der Waals surface area (Å²) in [4.78, 5) is 24.6. The second kappa shape index (κ2) is 9.12. The third-order valence-corrected chi connectivity index (χ3v) is 14.5. The predicted molar refractivity (Wildman–Crippen MR) is 126 cm³/mol. The number of esters is 1. The van der Waals surface area contributed by atoms with Gasteiger partial charge in [0.05, 0.1) is 12.2 Å². The van der Waals surface area contributed by atoms with Crippen molar-refractivity contribution in [3.63, 3.8) is 0 Å². The summed E-state index contributed by atoms with van der Waals surface area (Å²) in [6.07, 6.45) is 1.37. The molecule has 0 aromatic heterocycles. The number of ether oxygens (including phenoxy) is 3. The van der Waals surface area contributed by atoms with Gasteiger partial charge in [-0.05, 0) is 30.0 Å². The van der Waals surface area contributed by atoms with Crippen LogP contribution in [0.2, 0.25) is 16.6 Å². The zero-order valence-electron chi connectivity index (χ0n) is 21.5. The van der Waals surface area contributed by atoms with E-state index < -0.39 is 25.6 Å². The van der Waals surface area contributed by atoms with Crippen molar-refractivity contribution in [3.05, 3.63) is 0 Å². The Morgan fingerprint density at radius 3 is 2.19 bits per heavy atom. The Hall–Kier alpha value is -0.763. The lowest BCUT2D eigenvalue weighted by atomic mass is 9.76. The predicted octanol–water partition coefficient (Wildman–Crippen LogP) is 5.18. The molecule has 0 unspecified atom stereocenters. The number of hydrogen-bond donors (Lipinski definition) is 0. The minimum absolute atomic E-state index is 0.0570. The highest BCUT2D eigenvalue weighted by Crippen LogP contribution is 2.55. The van der Waals surface area contributed by atoms with Crippen LogP contribution in [-0.2, 0) is 28.2 Å². The molecule has 184 valence electrons. The number of epoxide rings is 1. The van der Waals surface area contributed by atoms with Crippen molar-refractivity contribution in [2.24, 2.45) is 5.92 Å². The van der Waals surface area contributed by atoms with Crippen LogP contribution in [0.15, 0.2) is 0 Å². The second-order valence-electron chi connectivity index (χ2n) is 11.5. The van der Waals surface area contributed by atoms with Gasteiger partial charge >= 0.3 is 5.97 Å². The average Bonchev–Trinajstić information content (AvgIpc) is 3.33. The zero-order chi connectivity index (χ0) is 24.1. The highest BCUT2D eigenvalue weighted by atomic mass is 28.4. The molecule has 6 nitrogen and oxygen atoms in total. The van der Waals surface area contributed by atoms with Crippen LogP contribution in [0.25, 0.3) is 0 Å². The van der Waals surface area contributed by atoms with E-state index in [0.717, 1.165) is 0 Å². The van der Waals surface area contributed by atoms with Crippen LogP contribution in [0.1, 0.15) is 88.0 Å². The monoisotopic (exact) mass is 468 g/mol. The number of carbonyl (C=O) groups is 2. The molecule has 3 fully saturated rings.